The number of halogens is 3. The van der Waals surface area contributed by atoms with Gasteiger partial charge in [0.2, 0.25) is 5.91 Å². The van der Waals surface area contributed by atoms with Gasteiger partial charge in [-0.25, -0.2) is 0 Å². The minimum Gasteiger partial charge on any atom is -0.356 e. The van der Waals surface area contributed by atoms with Gasteiger partial charge < -0.3 is 5.32 Å². The number of hydrogen-bond acceptors (Lipinski definition) is 1. The normalized spacial score (nSPS) is 17.1. The number of rotatable bonds is 6. The molecule has 0 radical (unpaired) electrons. The van der Waals surface area contributed by atoms with Crippen molar-refractivity contribution >= 4 is 5.91 Å². The first kappa shape index (κ1) is 16.0. The molecule has 0 rings (SSSR count). The Morgan fingerprint density at radius 3 is 2.35 bits per heavy atom. The van der Waals surface area contributed by atoms with E-state index in [9.17, 15) is 18.0 Å². The molecule has 0 aliphatic heterocycles. The molecule has 1 amide bonds. The number of carbonyl (C=O) groups is 1. The molecule has 0 aromatic rings. The topological polar surface area (TPSA) is 29.1 Å². The van der Waals surface area contributed by atoms with E-state index in [-0.39, 0.29) is 18.7 Å². The fourth-order valence-electron chi connectivity index (χ4n) is 1.75. The van der Waals surface area contributed by atoms with E-state index in [2.05, 4.69) is 11.9 Å². The lowest BCUT2D eigenvalue weighted by atomic mass is 9.78. The number of allylic oxidation sites excluding steroid dienone is 1. The van der Waals surface area contributed by atoms with Crippen LogP contribution in [0.15, 0.2) is 12.7 Å². The molecule has 0 aliphatic rings. The maximum Gasteiger partial charge on any atom is 0.394 e. The molecule has 0 aromatic heterocycles. The molecule has 0 spiro atoms. The fourth-order valence-corrected chi connectivity index (χ4v) is 1.75. The van der Waals surface area contributed by atoms with Gasteiger partial charge in [-0.05, 0) is 19.8 Å². The molecule has 1 N–H and O–H groups in total. The van der Waals surface area contributed by atoms with Crippen molar-refractivity contribution in [3.8, 4) is 0 Å². The summed E-state index contributed by atoms with van der Waals surface area (Å²) in [6.07, 6.45) is -3.49. The van der Waals surface area contributed by atoms with Gasteiger partial charge in [-0.3, -0.25) is 4.79 Å². The average molecular weight is 251 g/mol. The minimum atomic E-state index is -4.33. The highest BCUT2D eigenvalue weighted by Crippen LogP contribution is 2.45. The SMILES string of the molecule is C=CC[C@](C)(CC(C)C(=O)NCC)C(F)(F)F. The summed E-state index contributed by atoms with van der Waals surface area (Å²) in [6.45, 7) is 8.15. The van der Waals surface area contributed by atoms with E-state index in [1.807, 2.05) is 0 Å². The summed E-state index contributed by atoms with van der Waals surface area (Å²) in [7, 11) is 0. The van der Waals surface area contributed by atoms with Gasteiger partial charge >= 0.3 is 6.18 Å². The smallest absolute Gasteiger partial charge is 0.356 e. The molecule has 0 saturated carbocycles. The molecule has 0 aromatic carbocycles. The van der Waals surface area contributed by atoms with Gasteiger partial charge in [0.25, 0.3) is 0 Å². The lowest BCUT2D eigenvalue weighted by Gasteiger charge is -2.33. The van der Waals surface area contributed by atoms with E-state index in [0.29, 0.717) is 6.54 Å². The van der Waals surface area contributed by atoms with E-state index in [4.69, 9.17) is 0 Å². The predicted octanol–water partition coefficient (Wildman–Crippen LogP) is 3.29. The first-order valence-corrected chi connectivity index (χ1v) is 5.63. The molecule has 5 heteroatoms. The van der Waals surface area contributed by atoms with Gasteiger partial charge in [0, 0.05) is 12.5 Å². The third-order valence-electron chi connectivity index (χ3n) is 2.83. The van der Waals surface area contributed by atoms with Crippen LogP contribution in [0.5, 0.6) is 0 Å². The van der Waals surface area contributed by atoms with Crippen molar-refractivity contribution in [1.82, 2.24) is 5.32 Å². The Bertz CT molecular complexity index is 275. The molecule has 0 bridgehead atoms. The zero-order valence-electron chi connectivity index (χ0n) is 10.5. The molecule has 2 atom stereocenters. The number of carbonyl (C=O) groups excluding carboxylic acids is 1. The molecular weight excluding hydrogens is 231 g/mol. The zero-order valence-corrected chi connectivity index (χ0v) is 10.5. The highest BCUT2D eigenvalue weighted by atomic mass is 19.4. The minimum absolute atomic E-state index is 0.180. The molecule has 0 saturated heterocycles. The molecule has 0 fully saturated rings. The van der Waals surface area contributed by atoms with E-state index in [1.165, 1.54) is 13.0 Å². The summed E-state index contributed by atoms with van der Waals surface area (Å²) in [5.41, 5.74) is -1.89. The van der Waals surface area contributed by atoms with Gasteiger partial charge in [-0.15, -0.1) is 6.58 Å². The van der Waals surface area contributed by atoms with Crippen LogP contribution >= 0.6 is 0 Å². The van der Waals surface area contributed by atoms with Gasteiger partial charge in [0.15, 0.2) is 0 Å². The first-order chi connectivity index (χ1) is 7.68. The lowest BCUT2D eigenvalue weighted by Crippen LogP contribution is -2.40. The Balaban J connectivity index is 4.77. The predicted molar refractivity (Wildman–Crippen MR) is 61.4 cm³/mol. The van der Waals surface area contributed by atoms with Crippen LogP contribution in [-0.4, -0.2) is 18.6 Å². The highest BCUT2D eigenvalue weighted by molar-refractivity contribution is 5.78. The van der Waals surface area contributed by atoms with Crippen molar-refractivity contribution in [2.75, 3.05) is 6.54 Å². The molecule has 1 unspecified atom stereocenters. The largest absolute Gasteiger partial charge is 0.394 e. The summed E-state index contributed by atoms with van der Waals surface area (Å²) < 4.78 is 38.8. The Morgan fingerprint density at radius 1 is 1.47 bits per heavy atom. The second-order valence-corrected chi connectivity index (χ2v) is 4.55. The average Bonchev–Trinajstić information content (AvgIpc) is 2.16. The monoisotopic (exact) mass is 251 g/mol. The molecule has 17 heavy (non-hydrogen) atoms. The van der Waals surface area contributed by atoms with Crippen molar-refractivity contribution in [1.29, 1.82) is 0 Å². The van der Waals surface area contributed by atoms with Crippen LogP contribution in [0.3, 0.4) is 0 Å². The van der Waals surface area contributed by atoms with Crippen LogP contribution in [0.25, 0.3) is 0 Å². The standard InChI is InChI=1S/C12H20F3NO/c1-5-7-11(4,12(13,14)15)8-9(3)10(17)16-6-2/h5,9H,1,6-8H2,2-4H3,(H,16,17)/t9?,11-/m1/s1. The van der Waals surface area contributed by atoms with Crippen molar-refractivity contribution < 1.29 is 18.0 Å². The van der Waals surface area contributed by atoms with Crippen LogP contribution in [0.1, 0.15) is 33.6 Å². The van der Waals surface area contributed by atoms with Crippen LogP contribution in [0, 0.1) is 11.3 Å². The third-order valence-corrected chi connectivity index (χ3v) is 2.83. The lowest BCUT2D eigenvalue weighted by molar-refractivity contribution is -0.222. The molecule has 100 valence electrons. The summed E-state index contributed by atoms with van der Waals surface area (Å²) in [4.78, 5) is 11.4. The highest BCUT2D eigenvalue weighted by Gasteiger charge is 2.50. The van der Waals surface area contributed by atoms with Crippen LogP contribution in [0.4, 0.5) is 13.2 Å². The van der Waals surface area contributed by atoms with Crippen molar-refractivity contribution in [2.45, 2.75) is 39.8 Å². The van der Waals surface area contributed by atoms with Crippen molar-refractivity contribution in [2.24, 2.45) is 11.3 Å². The second kappa shape index (κ2) is 6.07. The van der Waals surface area contributed by atoms with Gasteiger partial charge in [0.05, 0.1) is 5.41 Å². The Morgan fingerprint density at radius 2 is 2.00 bits per heavy atom. The summed E-state index contributed by atoms with van der Waals surface area (Å²) in [5.74, 6) is -1.01. The molecular formula is C12H20F3NO. The Kier molecular flexibility index (Phi) is 5.72. The Hall–Kier alpha value is -1.00. The van der Waals surface area contributed by atoms with Crippen molar-refractivity contribution in [3.05, 3.63) is 12.7 Å². The fraction of sp³-hybridized carbons (Fsp3) is 0.750. The maximum absolute atomic E-state index is 12.9. The van der Waals surface area contributed by atoms with Gasteiger partial charge in [-0.1, -0.05) is 19.9 Å². The molecule has 0 heterocycles. The van der Waals surface area contributed by atoms with Crippen molar-refractivity contribution in [3.63, 3.8) is 0 Å². The van der Waals surface area contributed by atoms with Gasteiger partial charge in [0.1, 0.15) is 0 Å². The van der Waals surface area contributed by atoms with E-state index >= 15 is 0 Å². The van der Waals surface area contributed by atoms with Crippen LogP contribution in [0.2, 0.25) is 0 Å². The number of amides is 1. The van der Waals surface area contributed by atoms with Crippen LogP contribution in [-0.2, 0) is 4.79 Å². The number of alkyl halides is 3. The Labute approximate surface area is 100 Å². The van der Waals surface area contributed by atoms with E-state index in [0.717, 1.165) is 6.92 Å². The number of nitrogens with one attached hydrogen (secondary N) is 1. The molecule has 0 aliphatic carbocycles. The summed E-state index contributed by atoms with van der Waals surface area (Å²) in [5, 5.41) is 2.53. The van der Waals surface area contributed by atoms with E-state index in [1.54, 1.807) is 6.92 Å². The quantitative estimate of drug-likeness (QED) is 0.721. The number of hydrogen-bond donors (Lipinski definition) is 1. The van der Waals surface area contributed by atoms with Crippen LogP contribution < -0.4 is 5.32 Å². The summed E-state index contributed by atoms with van der Waals surface area (Å²) in [6, 6.07) is 0. The van der Waals surface area contributed by atoms with Gasteiger partial charge in [-0.2, -0.15) is 13.2 Å². The third kappa shape index (κ3) is 4.40. The second-order valence-electron chi connectivity index (χ2n) is 4.55. The summed E-state index contributed by atoms with van der Waals surface area (Å²) >= 11 is 0. The zero-order chi connectivity index (χ0) is 13.7. The maximum atomic E-state index is 12.9. The van der Waals surface area contributed by atoms with E-state index < -0.39 is 17.5 Å². The molecule has 2 nitrogen and oxygen atoms in total. The first-order valence-electron chi connectivity index (χ1n) is 5.63.